The summed E-state index contributed by atoms with van der Waals surface area (Å²) in [5, 5.41) is 11.4. The molecule has 150 valence electrons. The van der Waals surface area contributed by atoms with Gasteiger partial charge >= 0.3 is 0 Å². The maximum Gasteiger partial charge on any atom is 0.251 e. The number of amides is 2. The molecule has 0 aliphatic carbocycles. The molecule has 0 unspecified atom stereocenters. The topological polar surface area (TPSA) is 76.0 Å². The van der Waals surface area contributed by atoms with E-state index < -0.39 is 0 Å². The fourth-order valence-corrected chi connectivity index (χ4v) is 3.38. The van der Waals surface area contributed by atoms with Crippen molar-refractivity contribution < 1.29 is 9.59 Å². The van der Waals surface area contributed by atoms with E-state index in [9.17, 15) is 9.59 Å². The van der Waals surface area contributed by atoms with Crippen LogP contribution in [0.4, 0.5) is 5.69 Å². The van der Waals surface area contributed by atoms with E-state index in [0.717, 1.165) is 16.6 Å². The average molecular weight is 398 g/mol. The van der Waals surface area contributed by atoms with Gasteiger partial charge < -0.3 is 10.6 Å². The summed E-state index contributed by atoms with van der Waals surface area (Å²) in [6.07, 6.45) is 0. The number of carbonyl (C=O) groups excluding carboxylic acids is 2. The first kappa shape index (κ1) is 19.4. The van der Waals surface area contributed by atoms with E-state index >= 15 is 0 Å². The lowest BCUT2D eigenvalue weighted by Gasteiger charge is -2.06. The Morgan fingerprint density at radius 3 is 2.33 bits per heavy atom. The third-order valence-electron chi connectivity index (χ3n) is 4.79. The van der Waals surface area contributed by atoms with Gasteiger partial charge in [0.05, 0.1) is 24.3 Å². The molecule has 1 heterocycles. The van der Waals surface area contributed by atoms with Crippen LogP contribution in [0, 0.1) is 0 Å². The van der Waals surface area contributed by atoms with Gasteiger partial charge in [0.15, 0.2) is 0 Å². The number of rotatable bonds is 6. The van der Waals surface area contributed by atoms with Crippen molar-refractivity contribution in [1.29, 1.82) is 0 Å². The minimum atomic E-state index is -0.189. The molecular formula is C24H22N4O2. The number of nitrogens with one attached hydrogen (secondary N) is 2. The van der Waals surface area contributed by atoms with Crippen LogP contribution < -0.4 is 10.6 Å². The molecular weight excluding hydrogens is 376 g/mol. The van der Waals surface area contributed by atoms with Crippen LogP contribution in [-0.4, -0.2) is 21.6 Å². The maximum absolute atomic E-state index is 12.6. The summed E-state index contributed by atoms with van der Waals surface area (Å²) < 4.78 is 1.97. The smallest absolute Gasteiger partial charge is 0.251 e. The highest BCUT2D eigenvalue weighted by atomic mass is 16.2. The van der Waals surface area contributed by atoms with Crippen molar-refractivity contribution in [3.63, 3.8) is 0 Å². The zero-order valence-electron chi connectivity index (χ0n) is 16.6. The molecule has 4 rings (SSSR count). The first-order valence-electron chi connectivity index (χ1n) is 9.74. The van der Waals surface area contributed by atoms with Crippen molar-refractivity contribution in [3.8, 4) is 0 Å². The van der Waals surface area contributed by atoms with Gasteiger partial charge in [0, 0.05) is 23.6 Å². The first-order chi connectivity index (χ1) is 14.6. The van der Waals surface area contributed by atoms with Crippen LogP contribution in [0.2, 0.25) is 0 Å². The largest absolute Gasteiger partial charge is 0.346 e. The number of carbonyl (C=O) groups is 2. The number of nitrogens with zero attached hydrogens (tertiary/aromatic N) is 2. The Balaban J connectivity index is 1.50. The Hall–Kier alpha value is -3.93. The van der Waals surface area contributed by atoms with Crippen LogP contribution in [0.5, 0.6) is 0 Å². The molecule has 0 fully saturated rings. The summed E-state index contributed by atoms with van der Waals surface area (Å²) in [4.78, 5) is 23.7. The molecule has 1 aromatic heterocycles. The molecule has 0 aliphatic rings. The molecule has 3 aromatic carbocycles. The molecule has 0 atom stereocenters. The summed E-state index contributed by atoms with van der Waals surface area (Å²) in [6.45, 7) is 2.44. The van der Waals surface area contributed by atoms with Gasteiger partial charge in [-0.15, -0.1) is 0 Å². The Morgan fingerprint density at radius 2 is 1.60 bits per heavy atom. The predicted molar refractivity (Wildman–Crippen MR) is 117 cm³/mol. The molecule has 0 saturated carbocycles. The zero-order valence-corrected chi connectivity index (χ0v) is 16.6. The minimum absolute atomic E-state index is 0.148. The lowest BCUT2D eigenvalue weighted by molar-refractivity contribution is -0.114. The summed E-state index contributed by atoms with van der Waals surface area (Å²) in [5.41, 5.74) is 4.21. The summed E-state index contributed by atoms with van der Waals surface area (Å²) in [5.74, 6) is -0.337. The predicted octanol–water partition coefficient (Wildman–Crippen LogP) is 3.97. The van der Waals surface area contributed by atoms with Crippen molar-refractivity contribution in [2.45, 2.75) is 20.0 Å². The molecule has 6 nitrogen and oxygen atoms in total. The van der Waals surface area contributed by atoms with Crippen LogP contribution in [0.1, 0.15) is 28.5 Å². The lowest BCUT2D eigenvalue weighted by atomic mass is 10.1. The van der Waals surface area contributed by atoms with Gasteiger partial charge in [0.25, 0.3) is 5.91 Å². The second kappa shape index (κ2) is 8.61. The highest BCUT2D eigenvalue weighted by Crippen LogP contribution is 2.20. The molecule has 30 heavy (non-hydrogen) atoms. The highest BCUT2D eigenvalue weighted by Gasteiger charge is 2.12. The van der Waals surface area contributed by atoms with Crippen molar-refractivity contribution in [1.82, 2.24) is 15.1 Å². The summed E-state index contributed by atoms with van der Waals surface area (Å²) in [6, 6.07) is 25.0. The normalized spacial score (nSPS) is 10.7. The van der Waals surface area contributed by atoms with Crippen molar-refractivity contribution in [2.24, 2.45) is 0 Å². The van der Waals surface area contributed by atoms with E-state index in [1.165, 1.54) is 12.5 Å². The second-order valence-electron chi connectivity index (χ2n) is 7.05. The number of fused-ring (bicyclic) bond motifs is 1. The molecule has 4 aromatic rings. The number of benzene rings is 3. The fourth-order valence-electron chi connectivity index (χ4n) is 3.38. The Labute approximate surface area is 174 Å². The van der Waals surface area contributed by atoms with Crippen LogP contribution >= 0.6 is 0 Å². The van der Waals surface area contributed by atoms with Crippen molar-refractivity contribution in [2.75, 3.05) is 5.32 Å². The molecule has 2 N–H and O–H groups in total. The number of para-hydroxylation sites is 1. The first-order valence-corrected chi connectivity index (χ1v) is 9.74. The van der Waals surface area contributed by atoms with Crippen LogP contribution in [-0.2, 0) is 17.9 Å². The van der Waals surface area contributed by atoms with E-state index in [1.807, 2.05) is 47.1 Å². The molecule has 0 radical (unpaired) electrons. The van der Waals surface area contributed by atoms with Gasteiger partial charge in [0.2, 0.25) is 5.91 Å². The zero-order chi connectivity index (χ0) is 20.9. The Bertz CT molecular complexity index is 1180. The van der Waals surface area contributed by atoms with Gasteiger partial charge in [-0.2, -0.15) is 5.10 Å². The second-order valence-corrected chi connectivity index (χ2v) is 7.05. The molecule has 0 spiro atoms. The monoisotopic (exact) mass is 398 g/mol. The van der Waals surface area contributed by atoms with Crippen molar-refractivity contribution >= 4 is 28.4 Å². The number of hydrogen-bond donors (Lipinski definition) is 2. The van der Waals surface area contributed by atoms with Crippen LogP contribution in [0.3, 0.4) is 0 Å². The molecule has 0 bridgehead atoms. The Morgan fingerprint density at radius 1 is 0.900 bits per heavy atom. The molecule has 6 heteroatoms. The van der Waals surface area contributed by atoms with E-state index in [0.29, 0.717) is 24.3 Å². The van der Waals surface area contributed by atoms with Gasteiger partial charge in [-0.25, -0.2) is 0 Å². The number of hydrogen-bond acceptors (Lipinski definition) is 3. The van der Waals surface area contributed by atoms with Crippen LogP contribution in [0.15, 0.2) is 78.9 Å². The van der Waals surface area contributed by atoms with E-state index in [2.05, 4.69) is 22.8 Å². The van der Waals surface area contributed by atoms with Gasteiger partial charge in [-0.05, 0) is 35.9 Å². The fraction of sp³-hybridized carbons (Fsp3) is 0.125. The summed E-state index contributed by atoms with van der Waals surface area (Å²) >= 11 is 0. The highest BCUT2D eigenvalue weighted by molar-refractivity contribution is 5.95. The average Bonchev–Trinajstić information content (AvgIpc) is 3.10. The van der Waals surface area contributed by atoms with Gasteiger partial charge in [0.1, 0.15) is 0 Å². The van der Waals surface area contributed by atoms with E-state index in [1.54, 1.807) is 24.3 Å². The molecule has 0 aliphatic heterocycles. The third-order valence-corrected chi connectivity index (χ3v) is 4.79. The van der Waals surface area contributed by atoms with Gasteiger partial charge in [-0.1, -0.05) is 48.5 Å². The number of anilines is 1. The standard InChI is InChI=1S/C24H22N4O2/c1-17(29)26-20-13-11-19(12-14-20)24(30)25-15-22-21-9-5-6-10-23(21)28(27-22)16-18-7-3-2-4-8-18/h2-14H,15-16H2,1H3,(H,25,30)(H,26,29). The quantitative estimate of drug-likeness (QED) is 0.516. The van der Waals surface area contributed by atoms with E-state index in [4.69, 9.17) is 5.10 Å². The van der Waals surface area contributed by atoms with Crippen molar-refractivity contribution in [3.05, 3.63) is 95.7 Å². The van der Waals surface area contributed by atoms with Gasteiger partial charge in [-0.3, -0.25) is 14.3 Å². The van der Waals surface area contributed by atoms with E-state index in [-0.39, 0.29) is 11.8 Å². The minimum Gasteiger partial charge on any atom is -0.346 e. The number of aromatic nitrogens is 2. The molecule has 0 saturated heterocycles. The SMILES string of the molecule is CC(=O)Nc1ccc(C(=O)NCc2nn(Cc3ccccc3)c3ccccc23)cc1. The lowest BCUT2D eigenvalue weighted by Crippen LogP contribution is -2.23. The third kappa shape index (κ3) is 4.38. The Kier molecular flexibility index (Phi) is 5.57. The molecule has 2 amide bonds. The summed E-state index contributed by atoms with van der Waals surface area (Å²) in [7, 11) is 0. The maximum atomic E-state index is 12.6. The van der Waals surface area contributed by atoms with Crippen LogP contribution in [0.25, 0.3) is 10.9 Å².